The van der Waals surface area contributed by atoms with Crippen molar-refractivity contribution in [2.75, 3.05) is 4.72 Å². The van der Waals surface area contributed by atoms with Gasteiger partial charge in [-0.2, -0.15) is 0 Å². The van der Waals surface area contributed by atoms with Crippen LogP contribution in [0.5, 0.6) is 5.75 Å². The monoisotopic (exact) mass is 351 g/mol. The van der Waals surface area contributed by atoms with Crippen molar-refractivity contribution in [3.05, 3.63) is 51.5 Å². The summed E-state index contributed by atoms with van der Waals surface area (Å²) in [5, 5.41) is 9.69. The fourth-order valence-electron chi connectivity index (χ4n) is 1.43. The van der Waals surface area contributed by atoms with Crippen LogP contribution in [0.2, 0.25) is 15.1 Å². The molecule has 0 amide bonds. The van der Waals surface area contributed by atoms with Gasteiger partial charge in [-0.3, -0.25) is 4.72 Å². The molecular formula is C12H8Cl3NO3S. The lowest BCUT2D eigenvalue weighted by molar-refractivity contribution is 0.475. The Morgan fingerprint density at radius 2 is 1.45 bits per heavy atom. The number of anilines is 1. The summed E-state index contributed by atoms with van der Waals surface area (Å²) in [6, 6.07) is 7.74. The predicted octanol–water partition coefficient (Wildman–Crippen LogP) is 4.15. The molecule has 0 spiro atoms. The fraction of sp³-hybridized carbons (Fsp3) is 0. The number of nitrogens with one attached hydrogen (secondary N) is 1. The molecule has 0 unspecified atom stereocenters. The van der Waals surface area contributed by atoms with Gasteiger partial charge in [-0.05, 0) is 36.4 Å². The molecule has 2 rings (SSSR count). The molecule has 0 heterocycles. The number of benzene rings is 2. The Bertz CT molecular complexity index is 745. The van der Waals surface area contributed by atoms with Crippen molar-refractivity contribution in [3.63, 3.8) is 0 Å². The maximum Gasteiger partial charge on any atom is 0.261 e. The molecule has 0 saturated carbocycles. The van der Waals surface area contributed by atoms with Gasteiger partial charge in [0, 0.05) is 0 Å². The van der Waals surface area contributed by atoms with Crippen LogP contribution in [-0.4, -0.2) is 13.5 Å². The van der Waals surface area contributed by atoms with Gasteiger partial charge in [-0.15, -0.1) is 0 Å². The average Bonchev–Trinajstić information content (AvgIpc) is 2.36. The number of hydrogen-bond donors (Lipinski definition) is 2. The molecule has 0 aromatic heterocycles. The number of aromatic hydroxyl groups is 1. The minimum atomic E-state index is -3.83. The second-order valence-electron chi connectivity index (χ2n) is 3.85. The van der Waals surface area contributed by atoms with Crippen LogP contribution in [0.4, 0.5) is 5.69 Å². The number of halogens is 3. The third kappa shape index (κ3) is 3.30. The summed E-state index contributed by atoms with van der Waals surface area (Å²) >= 11 is 17.5. The highest BCUT2D eigenvalue weighted by Gasteiger charge is 2.16. The normalized spacial score (nSPS) is 11.3. The third-order valence-electron chi connectivity index (χ3n) is 2.40. The number of sulfonamides is 1. The van der Waals surface area contributed by atoms with E-state index in [2.05, 4.69) is 4.72 Å². The van der Waals surface area contributed by atoms with Crippen LogP contribution in [0.15, 0.2) is 41.3 Å². The van der Waals surface area contributed by atoms with Crippen LogP contribution in [0.3, 0.4) is 0 Å². The first kappa shape index (κ1) is 15.3. The molecule has 4 nitrogen and oxygen atoms in total. The van der Waals surface area contributed by atoms with Crippen molar-refractivity contribution in [1.82, 2.24) is 0 Å². The maximum absolute atomic E-state index is 12.1. The number of phenolic OH excluding ortho intramolecular Hbond substituents is 1. The van der Waals surface area contributed by atoms with Crippen LogP contribution in [-0.2, 0) is 10.0 Å². The minimum Gasteiger partial charge on any atom is -0.508 e. The molecule has 0 aliphatic carbocycles. The summed E-state index contributed by atoms with van der Waals surface area (Å²) in [5.41, 5.74) is 0.120. The Morgan fingerprint density at radius 1 is 0.900 bits per heavy atom. The van der Waals surface area contributed by atoms with E-state index in [0.717, 1.165) is 0 Å². The molecule has 0 fully saturated rings. The van der Waals surface area contributed by atoms with Gasteiger partial charge in [0.25, 0.3) is 10.0 Å². The Hall–Kier alpha value is -1.14. The molecule has 0 atom stereocenters. The molecule has 0 aliphatic rings. The lowest BCUT2D eigenvalue weighted by atomic mass is 10.3. The first-order valence-electron chi connectivity index (χ1n) is 5.26. The first-order valence-corrected chi connectivity index (χ1v) is 7.88. The standard InChI is InChI=1S/C12H8Cl3NO3S/c13-9-5-11(15)12(6-10(9)14)16-20(18,19)8-3-1-7(17)2-4-8/h1-6,16-17H. The van der Waals surface area contributed by atoms with Gasteiger partial charge in [0.15, 0.2) is 0 Å². The van der Waals surface area contributed by atoms with E-state index < -0.39 is 10.0 Å². The Kier molecular flexibility index (Phi) is 4.34. The molecule has 0 saturated heterocycles. The molecule has 0 aliphatic heterocycles. The highest BCUT2D eigenvalue weighted by atomic mass is 35.5. The van der Waals surface area contributed by atoms with Gasteiger partial charge in [0.1, 0.15) is 5.75 Å². The van der Waals surface area contributed by atoms with E-state index >= 15 is 0 Å². The molecule has 0 radical (unpaired) electrons. The molecule has 106 valence electrons. The van der Waals surface area contributed by atoms with Crippen molar-refractivity contribution in [2.45, 2.75) is 4.90 Å². The Morgan fingerprint density at radius 3 is 2.05 bits per heavy atom. The minimum absolute atomic E-state index is 0.0163. The maximum atomic E-state index is 12.1. The van der Waals surface area contributed by atoms with Crippen molar-refractivity contribution in [1.29, 1.82) is 0 Å². The van der Waals surface area contributed by atoms with E-state index in [1.54, 1.807) is 0 Å². The van der Waals surface area contributed by atoms with Gasteiger partial charge in [-0.25, -0.2) is 8.42 Å². The van der Waals surface area contributed by atoms with E-state index in [0.29, 0.717) is 0 Å². The topological polar surface area (TPSA) is 66.4 Å². The summed E-state index contributed by atoms with van der Waals surface area (Å²) in [5.74, 6) is -0.0310. The lowest BCUT2D eigenvalue weighted by Crippen LogP contribution is -2.13. The van der Waals surface area contributed by atoms with E-state index in [1.807, 2.05) is 0 Å². The van der Waals surface area contributed by atoms with Crippen LogP contribution >= 0.6 is 34.8 Å². The lowest BCUT2D eigenvalue weighted by Gasteiger charge is -2.10. The van der Waals surface area contributed by atoms with E-state index in [9.17, 15) is 8.42 Å². The molecular weight excluding hydrogens is 345 g/mol. The van der Waals surface area contributed by atoms with Crippen LogP contribution in [0, 0.1) is 0 Å². The van der Waals surface area contributed by atoms with E-state index in [4.69, 9.17) is 39.9 Å². The van der Waals surface area contributed by atoms with Gasteiger partial charge < -0.3 is 5.11 Å². The van der Waals surface area contributed by atoms with Crippen molar-refractivity contribution >= 4 is 50.5 Å². The van der Waals surface area contributed by atoms with E-state index in [-0.39, 0.29) is 31.4 Å². The molecule has 2 aromatic carbocycles. The van der Waals surface area contributed by atoms with Crippen LogP contribution in [0.25, 0.3) is 0 Å². The molecule has 2 aromatic rings. The molecule has 8 heteroatoms. The summed E-state index contributed by atoms with van der Waals surface area (Å²) in [7, 11) is -3.83. The van der Waals surface area contributed by atoms with Crippen molar-refractivity contribution in [2.24, 2.45) is 0 Å². The smallest absolute Gasteiger partial charge is 0.261 e. The SMILES string of the molecule is O=S(=O)(Nc1cc(Cl)c(Cl)cc1Cl)c1ccc(O)cc1. The van der Waals surface area contributed by atoms with Gasteiger partial charge in [0.05, 0.1) is 25.7 Å². The molecule has 0 bridgehead atoms. The quantitative estimate of drug-likeness (QED) is 0.815. The number of rotatable bonds is 3. The predicted molar refractivity (Wildman–Crippen MR) is 80.4 cm³/mol. The van der Waals surface area contributed by atoms with Gasteiger partial charge >= 0.3 is 0 Å². The largest absolute Gasteiger partial charge is 0.508 e. The zero-order valence-electron chi connectivity index (χ0n) is 9.77. The second kappa shape index (κ2) is 5.69. The fourth-order valence-corrected chi connectivity index (χ4v) is 3.15. The average molecular weight is 353 g/mol. The Balaban J connectivity index is 2.38. The highest BCUT2D eigenvalue weighted by Crippen LogP contribution is 2.33. The summed E-state index contributed by atoms with van der Waals surface area (Å²) in [6.45, 7) is 0. The van der Waals surface area contributed by atoms with Crippen LogP contribution < -0.4 is 4.72 Å². The zero-order chi connectivity index (χ0) is 14.9. The number of hydrogen-bond acceptors (Lipinski definition) is 3. The third-order valence-corrected chi connectivity index (χ3v) is 4.82. The molecule has 2 N–H and O–H groups in total. The molecule has 20 heavy (non-hydrogen) atoms. The second-order valence-corrected chi connectivity index (χ2v) is 6.75. The zero-order valence-corrected chi connectivity index (χ0v) is 12.9. The van der Waals surface area contributed by atoms with Crippen LogP contribution in [0.1, 0.15) is 0 Å². The summed E-state index contributed by atoms with van der Waals surface area (Å²) < 4.78 is 26.6. The summed E-state index contributed by atoms with van der Waals surface area (Å²) in [4.78, 5) is -0.0163. The van der Waals surface area contributed by atoms with Crippen molar-refractivity contribution in [3.8, 4) is 5.75 Å². The Labute approximate surface area is 131 Å². The van der Waals surface area contributed by atoms with Gasteiger partial charge in [-0.1, -0.05) is 34.8 Å². The van der Waals surface area contributed by atoms with E-state index in [1.165, 1.54) is 36.4 Å². The summed E-state index contributed by atoms with van der Waals surface area (Å²) in [6.07, 6.45) is 0. The number of phenols is 1. The van der Waals surface area contributed by atoms with Gasteiger partial charge in [0.2, 0.25) is 0 Å². The highest BCUT2D eigenvalue weighted by molar-refractivity contribution is 7.92. The first-order chi connectivity index (χ1) is 9.29. The van der Waals surface area contributed by atoms with Crippen molar-refractivity contribution < 1.29 is 13.5 Å².